The van der Waals surface area contributed by atoms with Crippen molar-refractivity contribution in [2.75, 3.05) is 20.3 Å². The van der Waals surface area contributed by atoms with E-state index in [1.165, 1.54) is 5.23 Å². The molecule has 1 aliphatic rings. The zero-order valence-electron chi connectivity index (χ0n) is 4.83. The van der Waals surface area contributed by atoms with Crippen LogP contribution in [0.25, 0.3) is 0 Å². The van der Waals surface area contributed by atoms with Crippen molar-refractivity contribution in [1.82, 2.24) is 5.23 Å². The molecule has 0 N–H and O–H groups in total. The van der Waals surface area contributed by atoms with E-state index in [-0.39, 0.29) is 0 Å². The second kappa shape index (κ2) is 2.81. The summed E-state index contributed by atoms with van der Waals surface area (Å²) in [5, 5.41) is 1.36. The van der Waals surface area contributed by atoms with Gasteiger partial charge in [-0.25, -0.2) is 0 Å². The van der Waals surface area contributed by atoms with E-state index < -0.39 is 0 Å². The predicted octanol–water partition coefficient (Wildman–Crippen LogP) is 0.351. The quantitative estimate of drug-likeness (QED) is 0.425. The molecule has 1 aliphatic heterocycles. The molecule has 0 bridgehead atoms. The molecular weight excluding hydrogens is 106 g/mol. The fourth-order valence-electron chi connectivity index (χ4n) is 0.469. The van der Waals surface area contributed by atoms with Crippen molar-refractivity contribution in [3.8, 4) is 0 Å². The lowest BCUT2D eigenvalue weighted by atomic mass is 10.5. The van der Waals surface area contributed by atoms with Gasteiger partial charge in [-0.3, -0.25) is 9.68 Å². The van der Waals surface area contributed by atoms with Crippen LogP contribution in [0.4, 0.5) is 0 Å². The summed E-state index contributed by atoms with van der Waals surface area (Å²) >= 11 is 0. The molecule has 0 saturated heterocycles. The first kappa shape index (κ1) is 5.75. The minimum absolute atomic E-state index is 0.608. The number of nitrogens with zero attached hydrogens (tertiary/aromatic N) is 1. The maximum Gasteiger partial charge on any atom is 0.0894 e. The van der Waals surface area contributed by atoms with Gasteiger partial charge >= 0.3 is 0 Å². The van der Waals surface area contributed by atoms with Crippen molar-refractivity contribution in [1.29, 1.82) is 0 Å². The first-order valence-electron chi connectivity index (χ1n) is 2.54. The summed E-state index contributed by atoms with van der Waals surface area (Å²) in [5.41, 5.74) is 0. The van der Waals surface area contributed by atoms with Crippen LogP contribution in [0.3, 0.4) is 0 Å². The van der Waals surface area contributed by atoms with E-state index in [4.69, 9.17) is 9.68 Å². The first-order valence-corrected chi connectivity index (χ1v) is 2.54. The smallest absolute Gasteiger partial charge is 0.0894 e. The van der Waals surface area contributed by atoms with Crippen LogP contribution in [0.1, 0.15) is 0 Å². The molecule has 3 heteroatoms. The molecule has 0 aliphatic carbocycles. The van der Waals surface area contributed by atoms with Gasteiger partial charge in [0.15, 0.2) is 0 Å². The highest BCUT2D eigenvalue weighted by Crippen LogP contribution is 1.92. The lowest BCUT2D eigenvalue weighted by Gasteiger charge is -2.10. The van der Waals surface area contributed by atoms with Crippen molar-refractivity contribution < 1.29 is 9.68 Å². The van der Waals surface area contributed by atoms with E-state index in [0.717, 1.165) is 0 Å². The highest BCUT2D eigenvalue weighted by Gasteiger charge is 1.96. The Kier molecular flexibility index (Phi) is 2.02. The van der Waals surface area contributed by atoms with Gasteiger partial charge in [0.25, 0.3) is 0 Å². The SMILES string of the molecule is CN1OCC=CCO1. The maximum atomic E-state index is 4.93. The number of hydrogen-bond acceptors (Lipinski definition) is 3. The largest absolute Gasteiger partial charge is 0.270 e. The van der Waals surface area contributed by atoms with Gasteiger partial charge in [0.2, 0.25) is 0 Å². The van der Waals surface area contributed by atoms with Crippen molar-refractivity contribution in [3.63, 3.8) is 0 Å². The van der Waals surface area contributed by atoms with Crippen LogP contribution in [0.15, 0.2) is 12.2 Å². The summed E-state index contributed by atoms with van der Waals surface area (Å²) in [7, 11) is 1.73. The predicted molar refractivity (Wildman–Crippen MR) is 28.8 cm³/mol. The van der Waals surface area contributed by atoms with Crippen LogP contribution in [0, 0.1) is 0 Å². The average Bonchev–Trinajstić information content (AvgIpc) is 1.94. The van der Waals surface area contributed by atoms with E-state index in [2.05, 4.69) is 0 Å². The number of hydroxylamine groups is 2. The molecule has 0 aromatic rings. The molecule has 0 radical (unpaired) electrons. The molecule has 0 aromatic heterocycles. The van der Waals surface area contributed by atoms with Gasteiger partial charge in [0.05, 0.1) is 13.2 Å². The van der Waals surface area contributed by atoms with Gasteiger partial charge in [0, 0.05) is 7.05 Å². The van der Waals surface area contributed by atoms with Gasteiger partial charge < -0.3 is 0 Å². The molecular formula is C5H9NO2. The van der Waals surface area contributed by atoms with Gasteiger partial charge in [-0.1, -0.05) is 17.4 Å². The molecule has 0 spiro atoms. The van der Waals surface area contributed by atoms with Crippen molar-refractivity contribution in [2.45, 2.75) is 0 Å². The average molecular weight is 115 g/mol. The van der Waals surface area contributed by atoms with Crippen LogP contribution >= 0.6 is 0 Å². The molecule has 0 aromatic carbocycles. The Hall–Kier alpha value is -0.380. The van der Waals surface area contributed by atoms with Crippen LogP contribution in [0.2, 0.25) is 0 Å². The third-order valence-corrected chi connectivity index (χ3v) is 0.872. The van der Waals surface area contributed by atoms with Crippen LogP contribution in [-0.4, -0.2) is 25.5 Å². The lowest BCUT2D eigenvalue weighted by Crippen LogP contribution is -2.17. The number of hydrogen-bond donors (Lipinski definition) is 0. The summed E-state index contributed by atoms with van der Waals surface area (Å²) in [6.45, 7) is 1.22. The van der Waals surface area contributed by atoms with E-state index in [9.17, 15) is 0 Å². The Morgan fingerprint density at radius 1 is 1.25 bits per heavy atom. The topological polar surface area (TPSA) is 21.7 Å². The van der Waals surface area contributed by atoms with Crippen LogP contribution in [0.5, 0.6) is 0 Å². The minimum atomic E-state index is 0.608. The number of rotatable bonds is 0. The second-order valence-corrected chi connectivity index (χ2v) is 1.50. The second-order valence-electron chi connectivity index (χ2n) is 1.50. The minimum Gasteiger partial charge on any atom is -0.270 e. The van der Waals surface area contributed by atoms with Gasteiger partial charge in [-0.2, -0.15) is 0 Å². The van der Waals surface area contributed by atoms with E-state index in [0.29, 0.717) is 13.2 Å². The highest BCUT2D eigenvalue weighted by atomic mass is 16.9. The molecule has 3 nitrogen and oxygen atoms in total. The van der Waals surface area contributed by atoms with E-state index in [1.54, 1.807) is 7.05 Å². The Morgan fingerprint density at radius 3 is 2.25 bits per heavy atom. The lowest BCUT2D eigenvalue weighted by molar-refractivity contribution is -0.339. The summed E-state index contributed by atoms with van der Waals surface area (Å²) in [6, 6.07) is 0. The molecule has 0 saturated carbocycles. The Bertz CT molecular complexity index is 82.4. The van der Waals surface area contributed by atoms with E-state index in [1.807, 2.05) is 12.2 Å². The normalized spacial score (nSPS) is 23.1. The molecule has 1 heterocycles. The van der Waals surface area contributed by atoms with Crippen LogP contribution < -0.4 is 0 Å². The Balaban J connectivity index is 2.28. The van der Waals surface area contributed by atoms with Gasteiger partial charge in [-0.05, 0) is 0 Å². The third-order valence-electron chi connectivity index (χ3n) is 0.872. The highest BCUT2D eigenvalue weighted by molar-refractivity contribution is 4.81. The first-order chi connectivity index (χ1) is 3.89. The molecule has 0 amide bonds. The zero-order valence-corrected chi connectivity index (χ0v) is 4.83. The Morgan fingerprint density at radius 2 is 1.75 bits per heavy atom. The van der Waals surface area contributed by atoms with Crippen molar-refractivity contribution in [2.24, 2.45) is 0 Å². The summed E-state index contributed by atoms with van der Waals surface area (Å²) in [5.74, 6) is 0. The zero-order chi connectivity index (χ0) is 5.82. The van der Waals surface area contributed by atoms with E-state index >= 15 is 0 Å². The third kappa shape index (κ3) is 1.61. The molecule has 46 valence electrons. The van der Waals surface area contributed by atoms with Crippen molar-refractivity contribution in [3.05, 3.63) is 12.2 Å². The summed E-state index contributed by atoms with van der Waals surface area (Å²) in [4.78, 5) is 9.85. The van der Waals surface area contributed by atoms with Crippen molar-refractivity contribution >= 4 is 0 Å². The molecule has 8 heavy (non-hydrogen) atoms. The standard InChI is InChI=1S/C5H9NO2/c1-6-7-4-2-3-5-8-6/h2-3H,4-5H2,1H3. The van der Waals surface area contributed by atoms with Crippen LogP contribution in [-0.2, 0) is 9.68 Å². The van der Waals surface area contributed by atoms with Gasteiger partial charge in [-0.15, -0.1) is 0 Å². The fraction of sp³-hybridized carbons (Fsp3) is 0.600. The monoisotopic (exact) mass is 115 g/mol. The fourth-order valence-corrected chi connectivity index (χ4v) is 0.469. The molecule has 0 unspecified atom stereocenters. The van der Waals surface area contributed by atoms with Gasteiger partial charge in [0.1, 0.15) is 0 Å². The summed E-state index contributed by atoms with van der Waals surface area (Å²) < 4.78 is 0. The maximum absolute atomic E-state index is 4.93. The molecule has 0 atom stereocenters. The molecule has 1 rings (SSSR count). The Labute approximate surface area is 48.4 Å². The molecule has 0 fully saturated rings. The summed E-state index contributed by atoms with van der Waals surface area (Å²) in [6.07, 6.45) is 3.84.